The van der Waals surface area contributed by atoms with Crippen molar-refractivity contribution in [3.8, 4) is 0 Å². The van der Waals surface area contributed by atoms with Crippen LogP contribution in [0, 0.1) is 10.1 Å². The summed E-state index contributed by atoms with van der Waals surface area (Å²) < 4.78 is 5.55. The second-order valence-electron chi connectivity index (χ2n) is 5.71. The minimum Gasteiger partial charge on any atom is -0.464 e. The average molecular weight is 322 g/mol. The van der Waals surface area contributed by atoms with Crippen LogP contribution < -0.4 is 0 Å². The summed E-state index contributed by atoms with van der Waals surface area (Å²) in [7, 11) is 2.03. The fourth-order valence-corrected chi connectivity index (χ4v) is 2.62. The maximum atomic E-state index is 10.8. The minimum atomic E-state index is -0.381. The molecule has 0 aliphatic rings. The maximum absolute atomic E-state index is 10.8. The van der Waals surface area contributed by atoms with E-state index in [-0.39, 0.29) is 10.6 Å². The first-order valence-electron chi connectivity index (χ1n) is 7.68. The molecular weight excluding hydrogens is 304 g/mol. The van der Waals surface area contributed by atoms with Gasteiger partial charge in [0.2, 0.25) is 0 Å². The molecule has 0 fully saturated rings. The van der Waals surface area contributed by atoms with Crippen molar-refractivity contribution < 1.29 is 9.34 Å². The predicted octanol–water partition coefficient (Wildman–Crippen LogP) is 4.49. The number of fused-ring (bicyclic) bond motifs is 1. The number of para-hydroxylation sites is 1. The lowest BCUT2D eigenvalue weighted by atomic mass is 10.1. The molecule has 0 bridgehead atoms. The lowest BCUT2D eigenvalue weighted by Gasteiger charge is -2.13. The average Bonchev–Trinajstić information content (AvgIpc) is 2.98. The first-order chi connectivity index (χ1) is 11.6. The van der Waals surface area contributed by atoms with Crippen LogP contribution in [0.2, 0.25) is 0 Å². The second-order valence-corrected chi connectivity index (χ2v) is 5.71. The van der Waals surface area contributed by atoms with E-state index >= 15 is 0 Å². The molecule has 1 aromatic heterocycles. The van der Waals surface area contributed by atoms with Crippen LogP contribution >= 0.6 is 0 Å². The SMILES string of the molecule is CN(C/C=C/c1cccc([N+](=O)[O-])c1)Cc1coc2ccccc12. The Morgan fingerprint density at radius 2 is 2.04 bits per heavy atom. The lowest BCUT2D eigenvalue weighted by molar-refractivity contribution is -0.384. The lowest BCUT2D eigenvalue weighted by Crippen LogP contribution is -2.17. The van der Waals surface area contributed by atoms with Crippen LogP contribution in [0.4, 0.5) is 5.69 Å². The molecule has 0 spiro atoms. The van der Waals surface area contributed by atoms with Crippen LogP contribution in [0.1, 0.15) is 11.1 Å². The number of benzene rings is 2. The normalized spacial score (nSPS) is 11.6. The summed E-state index contributed by atoms with van der Waals surface area (Å²) in [5, 5.41) is 11.9. The van der Waals surface area contributed by atoms with E-state index < -0.39 is 0 Å². The summed E-state index contributed by atoms with van der Waals surface area (Å²) in [6, 6.07) is 14.6. The number of nitro groups is 1. The molecule has 0 atom stereocenters. The molecule has 0 saturated heterocycles. The number of nitro benzene ring substituents is 1. The van der Waals surface area contributed by atoms with Crippen molar-refractivity contribution in [2.45, 2.75) is 6.54 Å². The molecule has 5 nitrogen and oxygen atoms in total. The van der Waals surface area contributed by atoms with Gasteiger partial charge in [-0.25, -0.2) is 0 Å². The number of rotatable bonds is 6. The maximum Gasteiger partial charge on any atom is 0.270 e. The van der Waals surface area contributed by atoms with Gasteiger partial charge in [0.05, 0.1) is 11.2 Å². The van der Waals surface area contributed by atoms with Gasteiger partial charge in [-0.15, -0.1) is 0 Å². The third kappa shape index (κ3) is 3.70. The highest BCUT2D eigenvalue weighted by Crippen LogP contribution is 2.21. The van der Waals surface area contributed by atoms with Crippen molar-refractivity contribution in [3.63, 3.8) is 0 Å². The van der Waals surface area contributed by atoms with Gasteiger partial charge in [0.25, 0.3) is 5.69 Å². The van der Waals surface area contributed by atoms with Gasteiger partial charge in [-0.05, 0) is 18.7 Å². The van der Waals surface area contributed by atoms with Gasteiger partial charge < -0.3 is 4.42 Å². The Balaban J connectivity index is 1.62. The van der Waals surface area contributed by atoms with E-state index in [1.165, 1.54) is 6.07 Å². The summed E-state index contributed by atoms with van der Waals surface area (Å²) in [6.45, 7) is 1.51. The molecule has 0 N–H and O–H groups in total. The molecule has 3 rings (SSSR count). The zero-order chi connectivity index (χ0) is 16.9. The molecule has 0 amide bonds. The van der Waals surface area contributed by atoms with Crippen molar-refractivity contribution >= 4 is 22.7 Å². The summed E-state index contributed by atoms with van der Waals surface area (Å²) in [5.41, 5.74) is 2.98. The van der Waals surface area contributed by atoms with Crippen LogP contribution in [-0.2, 0) is 6.54 Å². The summed E-state index contributed by atoms with van der Waals surface area (Å²) >= 11 is 0. The summed E-state index contributed by atoms with van der Waals surface area (Å²) in [5.74, 6) is 0. The molecule has 24 heavy (non-hydrogen) atoms. The Morgan fingerprint density at radius 1 is 1.21 bits per heavy atom. The third-order valence-corrected chi connectivity index (χ3v) is 3.81. The van der Waals surface area contributed by atoms with E-state index in [0.29, 0.717) is 0 Å². The van der Waals surface area contributed by atoms with Crippen LogP contribution in [0.15, 0.2) is 65.3 Å². The Bertz CT molecular complexity index is 883. The van der Waals surface area contributed by atoms with Gasteiger partial charge in [0.15, 0.2) is 0 Å². The molecule has 5 heteroatoms. The largest absolute Gasteiger partial charge is 0.464 e. The number of likely N-dealkylation sites (N-methyl/N-ethyl adjacent to an activating group) is 1. The summed E-state index contributed by atoms with van der Waals surface area (Å²) in [4.78, 5) is 12.6. The Kier molecular flexibility index (Phi) is 4.72. The Hall–Kier alpha value is -2.92. The zero-order valence-electron chi connectivity index (χ0n) is 13.4. The van der Waals surface area contributed by atoms with Gasteiger partial charge >= 0.3 is 0 Å². The third-order valence-electron chi connectivity index (χ3n) is 3.81. The molecule has 0 unspecified atom stereocenters. The van der Waals surface area contributed by atoms with Crippen molar-refractivity contribution in [1.82, 2.24) is 4.90 Å². The highest BCUT2D eigenvalue weighted by Gasteiger charge is 2.07. The van der Waals surface area contributed by atoms with E-state index in [4.69, 9.17) is 4.42 Å². The fourth-order valence-electron chi connectivity index (χ4n) is 2.62. The first-order valence-corrected chi connectivity index (χ1v) is 7.68. The minimum absolute atomic E-state index is 0.107. The smallest absolute Gasteiger partial charge is 0.270 e. The van der Waals surface area contributed by atoms with E-state index in [9.17, 15) is 10.1 Å². The molecule has 2 aromatic carbocycles. The number of hydrogen-bond donors (Lipinski definition) is 0. The van der Waals surface area contributed by atoms with E-state index in [0.717, 1.165) is 35.2 Å². The quantitative estimate of drug-likeness (QED) is 0.496. The van der Waals surface area contributed by atoms with Crippen molar-refractivity contribution in [1.29, 1.82) is 0 Å². The van der Waals surface area contributed by atoms with Gasteiger partial charge in [-0.2, -0.15) is 0 Å². The summed E-state index contributed by atoms with van der Waals surface area (Å²) in [6.07, 6.45) is 5.70. The van der Waals surface area contributed by atoms with Gasteiger partial charge in [-0.1, -0.05) is 42.5 Å². The number of hydrogen-bond acceptors (Lipinski definition) is 4. The molecule has 0 aliphatic carbocycles. The van der Waals surface area contributed by atoms with Gasteiger partial charge in [0, 0.05) is 36.2 Å². The van der Waals surface area contributed by atoms with Crippen LogP contribution in [0.3, 0.4) is 0 Å². The Morgan fingerprint density at radius 3 is 2.88 bits per heavy atom. The van der Waals surface area contributed by atoms with Gasteiger partial charge in [0.1, 0.15) is 5.58 Å². The van der Waals surface area contributed by atoms with Crippen LogP contribution in [-0.4, -0.2) is 23.4 Å². The second kappa shape index (κ2) is 7.10. The molecule has 1 heterocycles. The molecule has 122 valence electrons. The molecule has 0 radical (unpaired) electrons. The number of nitrogens with zero attached hydrogens (tertiary/aromatic N) is 2. The van der Waals surface area contributed by atoms with E-state index in [1.807, 2.05) is 43.5 Å². The zero-order valence-corrected chi connectivity index (χ0v) is 13.4. The van der Waals surface area contributed by atoms with Crippen molar-refractivity contribution in [3.05, 3.63) is 82.1 Å². The van der Waals surface area contributed by atoms with Crippen molar-refractivity contribution in [2.75, 3.05) is 13.6 Å². The topological polar surface area (TPSA) is 59.5 Å². The molecule has 0 aliphatic heterocycles. The van der Waals surface area contributed by atoms with Crippen LogP contribution in [0.5, 0.6) is 0 Å². The molecule has 3 aromatic rings. The molecular formula is C19H18N2O3. The predicted molar refractivity (Wildman–Crippen MR) is 94.7 cm³/mol. The fraction of sp³-hybridized carbons (Fsp3) is 0.158. The van der Waals surface area contributed by atoms with E-state index in [2.05, 4.69) is 11.0 Å². The number of non-ortho nitro benzene ring substituents is 1. The highest BCUT2D eigenvalue weighted by molar-refractivity contribution is 5.80. The van der Waals surface area contributed by atoms with E-state index in [1.54, 1.807) is 18.4 Å². The van der Waals surface area contributed by atoms with Crippen molar-refractivity contribution in [2.24, 2.45) is 0 Å². The first kappa shape index (κ1) is 16.0. The van der Waals surface area contributed by atoms with Crippen LogP contribution in [0.25, 0.3) is 17.0 Å². The standard InChI is InChI=1S/C19H18N2O3/c1-20(13-16-14-24-19-10-3-2-9-18(16)19)11-5-7-15-6-4-8-17(12-15)21(22)23/h2-10,12,14H,11,13H2,1H3/b7-5+. The highest BCUT2D eigenvalue weighted by atomic mass is 16.6. The molecule has 0 saturated carbocycles. The Labute approximate surface area is 140 Å². The number of furan rings is 1. The van der Waals surface area contributed by atoms with Gasteiger partial charge in [-0.3, -0.25) is 15.0 Å². The monoisotopic (exact) mass is 322 g/mol.